The van der Waals surface area contributed by atoms with E-state index in [1.165, 1.54) is 34.5 Å². The van der Waals surface area contributed by atoms with Crippen LogP contribution in [-0.4, -0.2) is 52.1 Å². The van der Waals surface area contributed by atoms with Crippen LogP contribution in [0.3, 0.4) is 0 Å². The minimum atomic E-state index is -1.15. The molecule has 11 heteroatoms. The molecule has 0 aliphatic rings. The van der Waals surface area contributed by atoms with Gasteiger partial charge in [-0.2, -0.15) is 0 Å². The van der Waals surface area contributed by atoms with Gasteiger partial charge in [-0.25, -0.2) is 14.2 Å². The number of carbonyl (C=O) groups excluding carboxylic acids is 2. The van der Waals surface area contributed by atoms with Gasteiger partial charge in [0.05, 0.1) is 45.4 Å². The molecule has 0 bridgehead atoms. The number of esters is 1. The summed E-state index contributed by atoms with van der Waals surface area (Å²) in [7, 11) is 6.95. The van der Waals surface area contributed by atoms with Gasteiger partial charge in [0.25, 0.3) is 5.56 Å². The van der Waals surface area contributed by atoms with Gasteiger partial charge in [-0.3, -0.25) is 4.79 Å². The molecule has 0 radical (unpaired) electrons. The minimum Gasteiger partial charge on any atom is -0.493 e. The number of hydrogen-bond acceptors (Lipinski definition) is 8. The molecule has 1 aromatic heterocycles. The Kier molecular flexibility index (Phi) is 7.06. The van der Waals surface area contributed by atoms with Crippen LogP contribution in [0, 0.1) is 6.92 Å². The number of carbonyl (C=O) groups is 2. The molecule has 180 valence electrons. The molecule has 2 N–H and O–H groups in total. The van der Waals surface area contributed by atoms with Crippen LogP contribution >= 0.6 is 15.9 Å². The molecule has 0 saturated heterocycles. The Bertz CT molecular complexity index is 1380. The van der Waals surface area contributed by atoms with Crippen LogP contribution in [0.5, 0.6) is 23.0 Å². The summed E-state index contributed by atoms with van der Waals surface area (Å²) < 4.78 is 27.8. The Morgan fingerprint density at radius 2 is 1.50 bits per heavy atom. The molecule has 2 aromatic carbocycles. The molecule has 0 aliphatic heterocycles. The predicted molar refractivity (Wildman–Crippen MR) is 129 cm³/mol. The minimum absolute atomic E-state index is 0.0857. The molecule has 3 rings (SSSR count). The fourth-order valence-corrected chi connectivity index (χ4v) is 4.57. The number of ether oxygens (including phenoxy) is 5. The molecule has 0 saturated carbocycles. The first-order chi connectivity index (χ1) is 16.2. The molecule has 10 nitrogen and oxygen atoms in total. The summed E-state index contributed by atoms with van der Waals surface area (Å²) in [6.45, 7) is 1.71. The Hall–Kier alpha value is -3.73. The van der Waals surface area contributed by atoms with E-state index in [1.54, 1.807) is 19.1 Å². The summed E-state index contributed by atoms with van der Waals surface area (Å²) in [5, 5.41) is 0.433. The number of methoxy groups -OCH3 is 5. The van der Waals surface area contributed by atoms with Crippen molar-refractivity contribution in [1.82, 2.24) is 4.57 Å². The van der Waals surface area contributed by atoms with Crippen molar-refractivity contribution in [2.24, 2.45) is 5.73 Å². The molecule has 0 aliphatic carbocycles. The zero-order chi connectivity index (χ0) is 25.3. The number of benzene rings is 2. The van der Waals surface area contributed by atoms with Crippen molar-refractivity contribution < 1.29 is 33.3 Å². The lowest BCUT2D eigenvalue weighted by molar-refractivity contribution is 0.0590. The second-order valence-corrected chi connectivity index (χ2v) is 7.90. The quantitative estimate of drug-likeness (QED) is 0.476. The zero-order valence-electron chi connectivity index (χ0n) is 19.4. The molecule has 0 spiro atoms. The topological polar surface area (TPSA) is 128 Å². The summed E-state index contributed by atoms with van der Waals surface area (Å²) in [5.74, 6) is 0.432. The maximum absolute atomic E-state index is 13.4. The van der Waals surface area contributed by atoms with Crippen LogP contribution in [0.2, 0.25) is 0 Å². The number of nitrogens with two attached hydrogens (primary N) is 1. The fraction of sp³-hybridized carbons (Fsp3) is 0.261. The van der Waals surface area contributed by atoms with E-state index in [-0.39, 0.29) is 22.4 Å². The maximum atomic E-state index is 13.4. The van der Waals surface area contributed by atoms with E-state index in [2.05, 4.69) is 15.9 Å². The first-order valence-corrected chi connectivity index (χ1v) is 10.6. The highest BCUT2D eigenvalue weighted by Gasteiger charge is 2.30. The van der Waals surface area contributed by atoms with E-state index in [0.29, 0.717) is 42.8 Å². The lowest BCUT2D eigenvalue weighted by Gasteiger charge is -2.21. The highest BCUT2D eigenvalue weighted by atomic mass is 79.9. The molecule has 34 heavy (non-hydrogen) atoms. The summed E-state index contributed by atoms with van der Waals surface area (Å²) in [6, 6.07) is 3.55. The molecule has 0 unspecified atom stereocenters. The van der Waals surface area contributed by atoms with Crippen molar-refractivity contribution in [3.63, 3.8) is 0 Å². The highest BCUT2D eigenvalue weighted by molar-refractivity contribution is 9.10. The van der Waals surface area contributed by atoms with Gasteiger partial charge >= 0.3 is 12.0 Å². The lowest BCUT2D eigenvalue weighted by atomic mass is 9.92. The van der Waals surface area contributed by atoms with Gasteiger partial charge in [0.15, 0.2) is 23.0 Å². The number of aromatic nitrogens is 1. The van der Waals surface area contributed by atoms with E-state index in [1.807, 2.05) is 0 Å². The zero-order valence-corrected chi connectivity index (χ0v) is 21.0. The fourth-order valence-electron chi connectivity index (χ4n) is 3.96. The SMILES string of the molecule is COC(=O)c1c(-c2cc(Br)c(OC)c(OC)c2)c2c(C)c(OC)c(OC)cc2c(=O)n1C(N)=O. The third-order valence-corrected chi connectivity index (χ3v) is 5.96. The van der Waals surface area contributed by atoms with Crippen molar-refractivity contribution in [3.05, 3.63) is 44.3 Å². The lowest BCUT2D eigenvalue weighted by Crippen LogP contribution is -2.37. The van der Waals surface area contributed by atoms with Crippen LogP contribution < -0.4 is 30.2 Å². The Morgan fingerprint density at radius 3 is 2.00 bits per heavy atom. The standard InChI is InChI=1S/C23H23BrN2O8/c1-10-16-12(9-15(31-3)19(10)32-4)21(27)26(23(25)29)18(22(28)34-6)17(16)11-7-13(24)20(33-5)14(8-11)30-2/h7-9H,1-6H3,(H2,25,29). The number of aryl methyl sites for hydroxylation is 1. The van der Waals surface area contributed by atoms with Crippen LogP contribution in [0.25, 0.3) is 21.9 Å². The van der Waals surface area contributed by atoms with Crippen LogP contribution in [-0.2, 0) is 4.74 Å². The van der Waals surface area contributed by atoms with E-state index < -0.39 is 17.6 Å². The number of nitrogens with zero attached hydrogens (tertiary/aromatic N) is 1. The number of rotatable bonds is 6. The third-order valence-electron chi connectivity index (χ3n) is 5.37. The van der Waals surface area contributed by atoms with Gasteiger partial charge in [-0.1, -0.05) is 0 Å². The second-order valence-electron chi connectivity index (χ2n) is 7.05. The van der Waals surface area contributed by atoms with E-state index in [4.69, 9.17) is 29.4 Å². The number of halogens is 1. The van der Waals surface area contributed by atoms with Crippen LogP contribution in [0.4, 0.5) is 4.79 Å². The van der Waals surface area contributed by atoms with Gasteiger partial charge in [0, 0.05) is 16.5 Å². The first kappa shape index (κ1) is 24.9. The molecule has 1 amide bonds. The van der Waals surface area contributed by atoms with Gasteiger partial charge in [-0.05, 0) is 46.6 Å². The molecule has 0 fully saturated rings. The average Bonchev–Trinajstić information content (AvgIpc) is 2.82. The molecule has 1 heterocycles. The van der Waals surface area contributed by atoms with Crippen molar-refractivity contribution in [2.45, 2.75) is 6.92 Å². The predicted octanol–water partition coefficient (Wildman–Crippen LogP) is 3.49. The molecule has 0 atom stereocenters. The van der Waals surface area contributed by atoms with Crippen molar-refractivity contribution in [1.29, 1.82) is 0 Å². The van der Waals surface area contributed by atoms with E-state index >= 15 is 0 Å². The molecular formula is C23H23BrN2O8. The number of fused-ring (bicyclic) bond motifs is 1. The van der Waals surface area contributed by atoms with Crippen LogP contribution in [0.15, 0.2) is 27.5 Å². The third kappa shape index (κ3) is 3.81. The largest absolute Gasteiger partial charge is 0.493 e. The Balaban J connectivity index is 2.73. The highest BCUT2D eigenvalue weighted by Crippen LogP contribution is 2.45. The average molecular weight is 535 g/mol. The summed E-state index contributed by atoms with van der Waals surface area (Å²) >= 11 is 3.44. The molecule has 3 aromatic rings. The summed E-state index contributed by atoms with van der Waals surface area (Å²) in [6.07, 6.45) is 0. The summed E-state index contributed by atoms with van der Waals surface area (Å²) in [5.41, 5.74) is 5.52. The van der Waals surface area contributed by atoms with Crippen molar-refractivity contribution >= 4 is 38.7 Å². The first-order valence-electron chi connectivity index (χ1n) is 9.80. The van der Waals surface area contributed by atoms with Crippen LogP contribution in [0.1, 0.15) is 16.1 Å². The van der Waals surface area contributed by atoms with Gasteiger partial charge < -0.3 is 29.4 Å². The maximum Gasteiger partial charge on any atom is 0.355 e. The number of pyridine rings is 1. The van der Waals surface area contributed by atoms with E-state index in [0.717, 1.165) is 7.11 Å². The van der Waals surface area contributed by atoms with Gasteiger partial charge in [-0.15, -0.1) is 0 Å². The van der Waals surface area contributed by atoms with E-state index in [9.17, 15) is 14.4 Å². The summed E-state index contributed by atoms with van der Waals surface area (Å²) in [4.78, 5) is 38.8. The van der Waals surface area contributed by atoms with Crippen molar-refractivity contribution in [3.8, 4) is 34.1 Å². The Morgan fingerprint density at radius 1 is 0.912 bits per heavy atom. The second kappa shape index (κ2) is 9.64. The number of hydrogen-bond donors (Lipinski definition) is 1. The smallest absolute Gasteiger partial charge is 0.355 e. The monoisotopic (exact) mass is 534 g/mol. The number of amides is 1. The normalized spacial score (nSPS) is 10.7. The Labute approximate surface area is 203 Å². The number of primary amides is 1. The van der Waals surface area contributed by atoms with Gasteiger partial charge in [0.1, 0.15) is 5.69 Å². The molecular weight excluding hydrogens is 512 g/mol. The van der Waals surface area contributed by atoms with Gasteiger partial charge in [0.2, 0.25) is 0 Å². The van der Waals surface area contributed by atoms with Crippen molar-refractivity contribution in [2.75, 3.05) is 35.5 Å².